The standard InChI is InChI=1S/C14H20N2O5/c1-5-6-10(17)16-8-7-14(9-16,11(18)19)15-12(20)21-13(2,3)4/h7-9H2,1-4H3,(H,15,20)(H,18,19). The van der Waals surface area contributed by atoms with Crippen LogP contribution < -0.4 is 5.32 Å². The molecule has 1 atom stereocenters. The van der Waals surface area contributed by atoms with Crippen LogP contribution in [0, 0.1) is 11.8 Å². The molecular weight excluding hydrogens is 276 g/mol. The van der Waals surface area contributed by atoms with Crippen LogP contribution in [0.25, 0.3) is 0 Å². The van der Waals surface area contributed by atoms with Gasteiger partial charge in [-0.05, 0) is 33.6 Å². The second-order valence-corrected chi connectivity index (χ2v) is 5.87. The van der Waals surface area contributed by atoms with Gasteiger partial charge < -0.3 is 20.1 Å². The Balaban J connectivity index is 2.82. The normalized spacial score (nSPS) is 21.2. The number of hydrogen-bond acceptors (Lipinski definition) is 4. The smallest absolute Gasteiger partial charge is 0.408 e. The highest BCUT2D eigenvalue weighted by molar-refractivity contribution is 5.95. The monoisotopic (exact) mass is 296 g/mol. The number of alkyl carbamates (subject to hydrolysis) is 1. The predicted octanol–water partition coefficient (Wildman–Crippen LogP) is 0.590. The largest absolute Gasteiger partial charge is 0.479 e. The van der Waals surface area contributed by atoms with Gasteiger partial charge in [0.1, 0.15) is 5.60 Å². The maximum absolute atomic E-state index is 11.8. The summed E-state index contributed by atoms with van der Waals surface area (Å²) in [5, 5.41) is 11.8. The second kappa shape index (κ2) is 6.04. The van der Waals surface area contributed by atoms with Crippen molar-refractivity contribution in [2.45, 2.75) is 45.3 Å². The molecule has 0 bridgehead atoms. The summed E-state index contributed by atoms with van der Waals surface area (Å²) in [5.74, 6) is 3.17. The molecule has 0 saturated carbocycles. The topological polar surface area (TPSA) is 95.9 Å². The minimum absolute atomic E-state index is 0.110. The number of amides is 2. The number of carbonyl (C=O) groups excluding carboxylic acids is 2. The van der Waals surface area contributed by atoms with Crippen molar-refractivity contribution in [2.24, 2.45) is 0 Å². The van der Waals surface area contributed by atoms with E-state index in [4.69, 9.17) is 4.74 Å². The van der Waals surface area contributed by atoms with Crippen LogP contribution in [0.2, 0.25) is 0 Å². The molecule has 1 aliphatic rings. The van der Waals surface area contributed by atoms with E-state index in [0.717, 1.165) is 0 Å². The molecule has 0 aromatic rings. The molecule has 116 valence electrons. The van der Waals surface area contributed by atoms with Crippen LogP contribution in [0.4, 0.5) is 4.79 Å². The van der Waals surface area contributed by atoms with Gasteiger partial charge in [0.2, 0.25) is 0 Å². The Morgan fingerprint density at radius 1 is 1.33 bits per heavy atom. The third kappa shape index (κ3) is 4.38. The highest BCUT2D eigenvalue weighted by Crippen LogP contribution is 2.23. The van der Waals surface area contributed by atoms with Crippen molar-refractivity contribution in [3.05, 3.63) is 0 Å². The maximum Gasteiger partial charge on any atom is 0.408 e. The summed E-state index contributed by atoms with van der Waals surface area (Å²) < 4.78 is 5.07. The zero-order valence-corrected chi connectivity index (χ0v) is 12.6. The van der Waals surface area contributed by atoms with Crippen molar-refractivity contribution in [1.29, 1.82) is 0 Å². The van der Waals surface area contributed by atoms with Crippen molar-refractivity contribution in [3.8, 4) is 11.8 Å². The lowest BCUT2D eigenvalue weighted by molar-refractivity contribution is -0.144. The minimum atomic E-state index is -1.53. The number of carboxylic acid groups (broad SMARTS) is 1. The molecule has 0 radical (unpaired) electrons. The van der Waals surface area contributed by atoms with Crippen molar-refractivity contribution in [3.63, 3.8) is 0 Å². The highest BCUT2D eigenvalue weighted by Gasteiger charge is 2.48. The summed E-state index contributed by atoms with van der Waals surface area (Å²) >= 11 is 0. The lowest BCUT2D eigenvalue weighted by Gasteiger charge is -2.28. The van der Waals surface area contributed by atoms with Crippen LogP contribution in [0.5, 0.6) is 0 Å². The van der Waals surface area contributed by atoms with Gasteiger partial charge in [0.15, 0.2) is 5.54 Å². The van der Waals surface area contributed by atoms with Gasteiger partial charge in [0.25, 0.3) is 5.91 Å². The Bertz CT molecular complexity index is 512. The molecule has 2 N–H and O–H groups in total. The fourth-order valence-corrected chi connectivity index (χ4v) is 2.00. The lowest BCUT2D eigenvalue weighted by atomic mass is 9.99. The van der Waals surface area contributed by atoms with E-state index in [2.05, 4.69) is 17.2 Å². The van der Waals surface area contributed by atoms with Gasteiger partial charge in [0.05, 0.1) is 6.54 Å². The summed E-state index contributed by atoms with van der Waals surface area (Å²) in [6.07, 6.45) is -0.709. The van der Waals surface area contributed by atoms with E-state index in [-0.39, 0.29) is 19.5 Å². The number of nitrogens with zero attached hydrogens (tertiary/aromatic N) is 1. The van der Waals surface area contributed by atoms with E-state index in [1.165, 1.54) is 11.8 Å². The first kappa shape index (κ1) is 16.8. The molecule has 1 aliphatic heterocycles. The number of ether oxygens (including phenoxy) is 1. The van der Waals surface area contributed by atoms with Gasteiger partial charge >= 0.3 is 12.1 Å². The van der Waals surface area contributed by atoms with E-state index in [1.807, 2.05) is 0 Å². The van der Waals surface area contributed by atoms with Crippen molar-refractivity contribution in [2.75, 3.05) is 13.1 Å². The Morgan fingerprint density at radius 2 is 1.95 bits per heavy atom. The molecule has 1 heterocycles. The number of nitrogens with one attached hydrogen (secondary N) is 1. The first-order chi connectivity index (χ1) is 9.59. The molecule has 0 aromatic heterocycles. The summed E-state index contributed by atoms with van der Waals surface area (Å²) in [5.41, 5.74) is -2.26. The predicted molar refractivity (Wildman–Crippen MR) is 74.4 cm³/mol. The Labute approximate surface area is 123 Å². The zero-order valence-electron chi connectivity index (χ0n) is 12.6. The third-order valence-corrected chi connectivity index (χ3v) is 2.94. The molecular formula is C14H20N2O5. The number of hydrogen-bond donors (Lipinski definition) is 2. The fourth-order valence-electron chi connectivity index (χ4n) is 2.00. The zero-order chi connectivity index (χ0) is 16.3. The van der Waals surface area contributed by atoms with Crippen LogP contribution >= 0.6 is 0 Å². The van der Waals surface area contributed by atoms with Gasteiger partial charge in [-0.25, -0.2) is 9.59 Å². The highest BCUT2D eigenvalue weighted by atomic mass is 16.6. The van der Waals surface area contributed by atoms with Crippen molar-refractivity contribution >= 4 is 18.0 Å². The van der Waals surface area contributed by atoms with Gasteiger partial charge in [-0.15, -0.1) is 0 Å². The number of likely N-dealkylation sites (tertiary alicyclic amines) is 1. The van der Waals surface area contributed by atoms with Gasteiger partial charge in [-0.3, -0.25) is 4.79 Å². The minimum Gasteiger partial charge on any atom is -0.479 e. The first-order valence-electron chi connectivity index (χ1n) is 6.56. The molecule has 1 fully saturated rings. The van der Waals surface area contributed by atoms with Crippen LogP contribution in [-0.2, 0) is 14.3 Å². The molecule has 1 unspecified atom stereocenters. The van der Waals surface area contributed by atoms with Crippen LogP contribution in [0.1, 0.15) is 34.1 Å². The average Bonchev–Trinajstić information content (AvgIpc) is 2.72. The quantitative estimate of drug-likeness (QED) is 0.727. The van der Waals surface area contributed by atoms with E-state index in [0.29, 0.717) is 0 Å². The molecule has 1 saturated heterocycles. The molecule has 0 aliphatic carbocycles. The molecule has 0 aromatic carbocycles. The Kier molecular flexibility index (Phi) is 4.84. The number of carboxylic acids is 1. The number of rotatable bonds is 2. The summed E-state index contributed by atoms with van der Waals surface area (Å²) in [6.45, 7) is 6.66. The molecule has 1 rings (SSSR count). The number of aliphatic carboxylic acids is 1. The van der Waals surface area contributed by atoms with Crippen LogP contribution in [-0.4, -0.2) is 52.2 Å². The Morgan fingerprint density at radius 3 is 2.43 bits per heavy atom. The van der Waals surface area contributed by atoms with Crippen LogP contribution in [0.15, 0.2) is 0 Å². The average molecular weight is 296 g/mol. The van der Waals surface area contributed by atoms with E-state index >= 15 is 0 Å². The van der Waals surface area contributed by atoms with Gasteiger partial charge in [-0.2, -0.15) is 0 Å². The Hall–Kier alpha value is -2.23. The van der Waals surface area contributed by atoms with E-state index in [1.54, 1.807) is 20.8 Å². The summed E-state index contributed by atoms with van der Waals surface area (Å²) in [6, 6.07) is 0. The summed E-state index contributed by atoms with van der Waals surface area (Å²) in [4.78, 5) is 36.3. The molecule has 7 heteroatoms. The third-order valence-electron chi connectivity index (χ3n) is 2.94. The van der Waals surface area contributed by atoms with Crippen LogP contribution in [0.3, 0.4) is 0 Å². The lowest BCUT2D eigenvalue weighted by Crippen LogP contribution is -2.57. The van der Waals surface area contributed by atoms with Gasteiger partial charge in [0, 0.05) is 13.0 Å². The van der Waals surface area contributed by atoms with E-state index < -0.39 is 29.1 Å². The first-order valence-corrected chi connectivity index (χ1v) is 6.56. The fraction of sp³-hybridized carbons (Fsp3) is 0.643. The SMILES string of the molecule is CC#CC(=O)N1CCC(NC(=O)OC(C)(C)C)(C(=O)O)C1. The number of carbonyl (C=O) groups is 3. The maximum atomic E-state index is 11.8. The van der Waals surface area contributed by atoms with Gasteiger partial charge in [-0.1, -0.05) is 5.92 Å². The summed E-state index contributed by atoms with van der Waals surface area (Å²) in [7, 11) is 0. The molecule has 2 amide bonds. The molecule has 7 nitrogen and oxygen atoms in total. The van der Waals surface area contributed by atoms with Crippen molar-refractivity contribution < 1.29 is 24.2 Å². The molecule has 21 heavy (non-hydrogen) atoms. The van der Waals surface area contributed by atoms with E-state index in [9.17, 15) is 19.5 Å². The second-order valence-electron chi connectivity index (χ2n) is 5.87. The van der Waals surface area contributed by atoms with Crippen molar-refractivity contribution in [1.82, 2.24) is 10.2 Å². The molecule has 0 spiro atoms.